The van der Waals surface area contributed by atoms with Gasteiger partial charge in [-0.2, -0.15) is 0 Å². The number of nitrogens with zero attached hydrogens (tertiary/aromatic N) is 3. The fourth-order valence-corrected chi connectivity index (χ4v) is 4.38. The van der Waals surface area contributed by atoms with E-state index in [1.165, 1.54) is 0 Å². The second kappa shape index (κ2) is 8.86. The van der Waals surface area contributed by atoms with Crippen LogP contribution in [0.25, 0.3) is 11.0 Å². The van der Waals surface area contributed by atoms with Crippen molar-refractivity contribution >= 4 is 28.4 Å². The number of aromatic nitrogens is 2. The van der Waals surface area contributed by atoms with Gasteiger partial charge in [0.2, 0.25) is 0 Å². The van der Waals surface area contributed by atoms with E-state index in [2.05, 4.69) is 46.5 Å². The molecule has 7 nitrogen and oxygen atoms in total. The zero-order valence-electron chi connectivity index (χ0n) is 18.8. The number of hydrogen-bond donors (Lipinski definition) is 2. The van der Waals surface area contributed by atoms with Gasteiger partial charge in [0.15, 0.2) is 0 Å². The number of amides is 2. The first-order valence-electron chi connectivity index (χ1n) is 11.1. The molecule has 4 aromatic rings. The summed E-state index contributed by atoms with van der Waals surface area (Å²) in [4.78, 5) is 24.9. The van der Waals surface area contributed by atoms with Gasteiger partial charge in [0, 0.05) is 31.0 Å². The Labute approximate surface area is 193 Å². The Bertz CT molecular complexity index is 1250. The van der Waals surface area contributed by atoms with Crippen LogP contribution in [0.5, 0.6) is 5.75 Å². The number of aromatic amines is 1. The minimum atomic E-state index is -0.0946. The summed E-state index contributed by atoms with van der Waals surface area (Å²) < 4.78 is 5.26. The van der Waals surface area contributed by atoms with Crippen LogP contribution in [0, 0.1) is 0 Å². The minimum absolute atomic E-state index is 0.0125. The number of carbonyl (C=O) groups is 1. The van der Waals surface area contributed by atoms with Crippen LogP contribution in [0.1, 0.15) is 24.1 Å². The predicted molar refractivity (Wildman–Crippen MR) is 131 cm³/mol. The zero-order valence-corrected chi connectivity index (χ0v) is 18.8. The largest absolute Gasteiger partial charge is 0.497 e. The summed E-state index contributed by atoms with van der Waals surface area (Å²) in [6.45, 7) is 4.08. The van der Waals surface area contributed by atoms with Crippen molar-refractivity contribution in [3.05, 3.63) is 84.2 Å². The second-order valence-corrected chi connectivity index (χ2v) is 8.15. The Kier molecular flexibility index (Phi) is 5.60. The molecule has 1 atom stereocenters. The molecule has 1 saturated heterocycles. The third-order valence-electron chi connectivity index (χ3n) is 6.07. The Morgan fingerprint density at radius 1 is 1.09 bits per heavy atom. The van der Waals surface area contributed by atoms with E-state index < -0.39 is 0 Å². The third kappa shape index (κ3) is 4.09. The number of H-pyrrole nitrogens is 1. The highest BCUT2D eigenvalue weighted by molar-refractivity contribution is 5.97. The first-order valence-corrected chi connectivity index (χ1v) is 11.1. The van der Waals surface area contributed by atoms with E-state index in [4.69, 9.17) is 4.74 Å². The smallest absolute Gasteiger partial charge is 0.325 e. The van der Waals surface area contributed by atoms with E-state index in [1.54, 1.807) is 13.4 Å². The van der Waals surface area contributed by atoms with Crippen molar-refractivity contribution in [3.8, 4) is 5.75 Å². The number of imidazole rings is 1. The molecule has 33 heavy (non-hydrogen) atoms. The number of methoxy groups -OCH3 is 1. The molecule has 1 aliphatic rings. The van der Waals surface area contributed by atoms with E-state index in [0.717, 1.165) is 45.8 Å². The maximum absolute atomic E-state index is 13.6. The highest BCUT2D eigenvalue weighted by Crippen LogP contribution is 2.36. The van der Waals surface area contributed by atoms with Crippen LogP contribution in [-0.4, -0.2) is 41.1 Å². The van der Waals surface area contributed by atoms with E-state index in [1.807, 2.05) is 52.3 Å². The molecule has 1 aliphatic heterocycles. The molecule has 0 unspecified atom stereocenters. The first kappa shape index (κ1) is 20.9. The number of rotatable bonds is 7. The molecule has 2 amide bonds. The van der Waals surface area contributed by atoms with Crippen LogP contribution in [0.4, 0.5) is 16.2 Å². The summed E-state index contributed by atoms with van der Waals surface area (Å²) in [7, 11) is 1.65. The van der Waals surface area contributed by atoms with E-state index >= 15 is 0 Å². The maximum Gasteiger partial charge on any atom is 0.325 e. The van der Waals surface area contributed by atoms with Gasteiger partial charge in [-0.3, -0.25) is 4.90 Å². The van der Waals surface area contributed by atoms with Crippen LogP contribution in [-0.2, 0) is 6.54 Å². The van der Waals surface area contributed by atoms with Crippen LogP contribution in [0.15, 0.2) is 73.1 Å². The van der Waals surface area contributed by atoms with Crippen LogP contribution in [0.2, 0.25) is 0 Å². The molecule has 3 aromatic carbocycles. The summed E-state index contributed by atoms with van der Waals surface area (Å²) in [6.07, 6.45) is 1.67. The first-order chi connectivity index (χ1) is 16.2. The number of fused-ring (bicyclic) bond motifs is 1. The molecule has 0 spiro atoms. The van der Waals surface area contributed by atoms with E-state index in [-0.39, 0.29) is 12.1 Å². The Hall–Kier alpha value is -4.00. The number of hydrogen-bond acceptors (Lipinski definition) is 4. The third-order valence-corrected chi connectivity index (χ3v) is 6.07. The van der Waals surface area contributed by atoms with Gasteiger partial charge in [-0.15, -0.1) is 0 Å². The topological polar surface area (TPSA) is 73.5 Å². The molecule has 2 N–H and O–H groups in total. The van der Waals surface area contributed by atoms with Crippen LogP contribution in [0.3, 0.4) is 0 Å². The number of anilines is 2. The number of ether oxygens (including phenoxy) is 1. The predicted octanol–water partition coefficient (Wildman–Crippen LogP) is 5.19. The highest BCUT2D eigenvalue weighted by atomic mass is 16.5. The second-order valence-electron chi connectivity index (χ2n) is 8.15. The van der Waals surface area contributed by atoms with Gasteiger partial charge in [-0.05, 0) is 60.5 Å². The van der Waals surface area contributed by atoms with Gasteiger partial charge >= 0.3 is 6.03 Å². The number of urea groups is 1. The van der Waals surface area contributed by atoms with Gasteiger partial charge in [-0.25, -0.2) is 9.78 Å². The molecule has 5 rings (SSSR count). The molecule has 7 heteroatoms. The molecule has 0 saturated carbocycles. The number of carbonyl (C=O) groups excluding carboxylic acids is 1. The number of benzene rings is 3. The van der Waals surface area contributed by atoms with Crippen molar-refractivity contribution in [2.24, 2.45) is 0 Å². The molecule has 0 aliphatic carbocycles. The zero-order chi connectivity index (χ0) is 22.8. The average Bonchev–Trinajstić information content (AvgIpc) is 3.44. The van der Waals surface area contributed by atoms with Crippen LogP contribution >= 0.6 is 0 Å². The minimum Gasteiger partial charge on any atom is -0.497 e. The van der Waals surface area contributed by atoms with Gasteiger partial charge in [-0.1, -0.05) is 24.3 Å². The lowest BCUT2D eigenvalue weighted by molar-refractivity contribution is 0.218. The summed E-state index contributed by atoms with van der Waals surface area (Å²) >= 11 is 0. The standard InChI is InChI=1S/C26H27N5O2/c1-3-27-20-8-6-19(7-9-20)25-16-30(15-18-4-11-22(33-2)12-5-18)26(32)31(25)21-10-13-23-24(14-21)29-17-28-23/h4-14,17,25,27H,3,15-16H2,1-2H3,(H,28,29)/t25-/m1/s1. The van der Waals surface area contributed by atoms with Crippen molar-refractivity contribution < 1.29 is 9.53 Å². The Balaban J connectivity index is 1.48. The maximum atomic E-state index is 13.6. The quantitative estimate of drug-likeness (QED) is 0.414. The molecular formula is C26H27N5O2. The van der Waals surface area contributed by atoms with Gasteiger partial charge < -0.3 is 19.9 Å². The molecule has 168 valence electrons. The number of nitrogens with one attached hydrogen (secondary N) is 2. The van der Waals surface area contributed by atoms with Gasteiger partial charge in [0.1, 0.15) is 5.75 Å². The highest BCUT2D eigenvalue weighted by Gasteiger charge is 2.39. The fraction of sp³-hybridized carbons (Fsp3) is 0.231. The van der Waals surface area contributed by atoms with Crippen molar-refractivity contribution in [1.82, 2.24) is 14.9 Å². The van der Waals surface area contributed by atoms with Crippen molar-refractivity contribution in [2.75, 3.05) is 30.4 Å². The molecule has 1 fully saturated rings. The van der Waals surface area contributed by atoms with Gasteiger partial charge in [0.05, 0.1) is 30.5 Å². The molecule has 2 heterocycles. The van der Waals surface area contributed by atoms with E-state index in [0.29, 0.717) is 13.1 Å². The summed E-state index contributed by atoms with van der Waals surface area (Å²) in [5.41, 5.74) is 5.88. The Morgan fingerprint density at radius 3 is 2.61 bits per heavy atom. The lowest BCUT2D eigenvalue weighted by atomic mass is 10.0. The summed E-state index contributed by atoms with van der Waals surface area (Å²) in [6, 6.07) is 22.0. The average molecular weight is 442 g/mol. The Morgan fingerprint density at radius 2 is 1.88 bits per heavy atom. The van der Waals surface area contributed by atoms with E-state index in [9.17, 15) is 4.79 Å². The molecule has 0 bridgehead atoms. The molecular weight excluding hydrogens is 414 g/mol. The SMILES string of the molecule is CCNc1ccc([C@H]2CN(Cc3ccc(OC)cc3)C(=O)N2c2ccc3[nH]cnc3c2)cc1. The normalized spacial score (nSPS) is 15.9. The monoisotopic (exact) mass is 441 g/mol. The molecule has 0 radical (unpaired) electrons. The van der Waals surface area contributed by atoms with Crippen molar-refractivity contribution in [3.63, 3.8) is 0 Å². The summed E-state index contributed by atoms with van der Waals surface area (Å²) in [5.74, 6) is 0.805. The van der Waals surface area contributed by atoms with Crippen molar-refractivity contribution in [2.45, 2.75) is 19.5 Å². The summed E-state index contributed by atoms with van der Waals surface area (Å²) in [5, 5.41) is 3.33. The van der Waals surface area contributed by atoms with Crippen LogP contribution < -0.4 is 15.0 Å². The lowest BCUT2D eigenvalue weighted by Gasteiger charge is -2.24. The van der Waals surface area contributed by atoms with Gasteiger partial charge in [0.25, 0.3) is 0 Å². The molecule has 1 aromatic heterocycles. The lowest BCUT2D eigenvalue weighted by Crippen LogP contribution is -2.32. The fourth-order valence-electron chi connectivity index (χ4n) is 4.38. The van der Waals surface area contributed by atoms with Crippen molar-refractivity contribution in [1.29, 1.82) is 0 Å².